The molecule has 4 amide bonds. The van der Waals surface area contributed by atoms with Crippen LogP contribution in [0.4, 0.5) is 9.59 Å². The van der Waals surface area contributed by atoms with Gasteiger partial charge in [0.25, 0.3) is 0 Å². The van der Waals surface area contributed by atoms with Gasteiger partial charge in [0, 0.05) is 25.2 Å². The number of fused-ring (bicyclic) bond motifs is 2. The molecule has 0 aromatic heterocycles. The predicted octanol–water partition coefficient (Wildman–Crippen LogP) is 1.37. The van der Waals surface area contributed by atoms with Gasteiger partial charge in [-0.15, -0.1) is 0 Å². The Morgan fingerprint density at radius 1 is 0.607 bits per heavy atom. The summed E-state index contributed by atoms with van der Waals surface area (Å²) in [4.78, 5) is 31.5. The van der Waals surface area contributed by atoms with E-state index >= 15 is 0 Å². The number of carbonyl (C=O) groups excluding carboxylic acids is 2. The first-order valence-electron chi connectivity index (χ1n) is 9.56. The van der Waals surface area contributed by atoms with Crippen LogP contribution in [-0.4, -0.2) is 94.3 Å². The predicted molar refractivity (Wildman–Crippen MR) is 96.6 cm³/mol. The second-order valence-corrected chi connectivity index (χ2v) is 9.71. The summed E-state index contributed by atoms with van der Waals surface area (Å²) in [6.45, 7) is 11.7. The second-order valence-electron chi connectivity index (χ2n) is 9.71. The first-order chi connectivity index (χ1) is 12.8. The highest BCUT2D eigenvalue weighted by atomic mass is 16.8. The van der Waals surface area contributed by atoms with E-state index in [0.29, 0.717) is 0 Å². The largest absolute Gasteiger partial charge is 0.324 e. The lowest BCUT2D eigenvalue weighted by Crippen LogP contribution is -2.50. The van der Waals surface area contributed by atoms with Crippen molar-refractivity contribution < 1.29 is 28.5 Å². The summed E-state index contributed by atoms with van der Waals surface area (Å²) in [6.07, 6.45) is -3.77. The molecule has 4 rings (SSSR count). The van der Waals surface area contributed by atoms with Crippen molar-refractivity contribution in [2.24, 2.45) is 0 Å². The summed E-state index contributed by atoms with van der Waals surface area (Å²) in [5.74, 6) is 0. The Balaban J connectivity index is 1.51. The summed E-state index contributed by atoms with van der Waals surface area (Å²) in [7, 11) is 3.38. The van der Waals surface area contributed by atoms with Gasteiger partial charge in [-0.3, -0.25) is 19.6 Å². The molecule has 158 valence electrons. The van der Waals surface area contributed by atoms with Crippen molar-refractivity contribution in [3.8, 4) is 0 Å². The van der Waals surface area contributed by atoms with Gasteiger partial charge in [-0.1, -0.05) is 0 Å². The van der Waals surface area contributed by atoms with E-state index in [2.05, 4.69) is 0 Å². The molecule has 4 aliphatic rings. The molecule has 0 saturated carbocycles. The van der Waals surface area contributed by atoms with Crippen molar-refractivity contribution in [1.82, 2.24) is 19.6 Å². The SMILES string of the molecule is CN1C(=O)N(C(C)(C)C)[C@@H]2O[C@H]([C@H]3O[C@@H]4[C@H](O3)N(C)C(=O)N4C(C)(C)C)O[C@H]21. The molecule has 0 radical (unpaired) electrons. The van der Waals surface area contributed by atoms with Crippen LogP contribution in [-0.2, 0) is 18.9 Å². The van der Waals surface area contributed by atoms with E-state index in [1.165, 1.54) is 9.80 Å². The van der Waals surface area contributed by atoms with Gasteiger partial charge in [0.1, 0.15) is 0 Å². The Bertz CT molecular complexity index is 631. The molecule has 0 bridgehead atoms. The number of likely N-dealkylation sites (N-methyl/N-ethyl adjacent to an activating group) is 2. The summed E-state index contributed by atoms with van der Waals surface area (Å²) in [5.41, 5.74) is -0.848. The third-order valence-corrected chi connectivity index (χ3v) is 5.54. The average Bonchev–Trinajstić information content (AvgIpc) is 3.24. The van der Waals surface area contributed by atoms with Crippen LogP contribution < -0.4 is 0 Å². The lowest BCUT2D eigenvalue weighted by Gasteiger charge is -2.36. The number of hydrogen-bond donors (Lipinski definition) is 0. The van der Waals surface area contributed by atoms with E-state index in [4.69, 9.17) is 18.9 Å². The van der Waals surface area contributed by atoms with Crippen LogP contribution in [0.3, 0.4) is 0 Å². The van der Waals surface area contributed by atoms with Crippen molar-refractivity contribution in [2.75, 3.05) is 14.1 Å². The van der Waals surface area contributed by atoms with Gasteiger partial charge >= 0.3 is 12.1 Å². The Labute approximate surface area is 165 Å². The molecular formula is C18H30N4O6. The lowest BCUT2D eigenvalue weighted by molar-refractivity contribution is -0.245. The molecule has 0 aromatic carbocycles. The summed E-state index contributed by atoms with van der Waals surface area (Å²) >= 11 is 0. The van der Waals surface area contributed by atoms with E-state index in [1.807, 2.05) is 41.5 Å². The highest BCUT2D eigenvalue weighted by Gasteiger charge is 2.61. The van der Waals surface area contributed by atoms with Crippen LogP contribution in [0.25, 0.3) is 0 Å². The zero-order valence-corrected chi connectivity index (χ0v) is 17.7. The molecule has 10 heteroatoms. The van der Waals surface area contributed by atoms with Crippen LogP contribution in [0, 0.1) is 0 Å². The van der Waals surface area contributed by atoms with Crippen molar-refractivity contribution in [1.29, 1.82) is 0 Å². The van der Waals surface area contributed by atoms with Crippen molar-refractivity contribution in [3.05, 3.63) is 0 Å². The number of rotatable bonds is 1. The van der Waals surface area contributed by atoms with Crippen LogP contribution in [0.5, 0.6) is 0 Å². The first kappa shape index (κ1) is 19.7. The van der Waals surface area contributed by atoms with Crippen LogP contribution in [0.2, 0.25) is 0 Å². The van der Waals surface area contributed by atoms with Gasteiger partial charge in [-0.2, -0.15) is 0 Å². The van der Waals surface area contributed by atoms with Gasteiger partial charge in [0.15, 0.2) is 24.9 Å². The fourth-order valence-corrected chi connectivity index (χ4v) is 4.19. The normalized spacial score (nSPS) is 38.7. The molecule has 0 spiro atoms. The van der Waals surface area contributed by atoms with E-state index < -0.39 is 48.6 Å². The van der Waals surface area contributed by atoms with Crippen molar-refractivity contribution in [2.45, 2.75) is 90.1 Å². The molecule has 4 saturated heterocycles. The smallest absolute Gasteiger partial charge is 0.319 e. The fourth-order valence-electron chi connectivity index (χ4n) is 4.19. The molecule has 4 heterocycles. The number of hydrogen-bond acceptors (Lipinski definition) is 6. The molecule has 0 aliphatic carbocycles. The Kier molecular flexibility index (Phi) is 4.18. The lowest BCUT2D eigenvalue weighted by atomic mass is 10.1. The summed E-state index contributed by atoms with van der Waals surface area (Å²) in [6, 6.07) is -0.286. The van der Waals surface area contributed by atoms with E-state index in [0.717, 1.165) is 0 Å². The Morgan fingerprint density at radius 3 is 1.18 bits per heavy atom. The summed E-state index contributed by atoms with van der Waals surface area (Å²) in [5, 5.41) is 0. The van der Waals surface area contributed by atoms with Crippen LogP contribution >= 0.6 is 0 Å². The fraction of sp³-hybridized carbons (Fsp3) is 0.889. The topological polar surface area (TPSA) is 84.0 Å². The maximum absolute atomic E-state index is 12.6. The third kappa shape index (κ3) is 2.69. The molecule has 28 heavy (non-hydrogen) atoms. The number of ether oxygens (including phenoxy) is 4. The minimum atomic E-state index is -0.800. The highest BCUT2D eigenvalue weighted by Crippen LogP contribution is 2.42. The third-order valence-electron chi connectivity index (χ3n) is 5.54. The molecule has 0 unspecified atom stereocenters. The second kappa shape index (κ2) is 5.94. The number of amides is 4. The molecule has 4 fully saturated rings. The minimum absolute atomic E-state index is 0.143. The molecule has 4 aliphatic heterocycles. The molecular weight excluding hydrogens is 368 g/mol. The van der Waals surface area contributed by atoms with Gasteiger partial charge in [-0.25, -0.2) is 9.59 Å². The first-order valence-corrected chi connectivity index (χ1v) is 9.56. The van der Waals surface area contributed by atoms with Gasteiger partial charge in [0.05, 0.1) is 0 Å². The zero-order chi connectivity index (χ0) is 20.8. The molecule has 6 atom stereocenters. The van der Waals surface area contributed by atoms with E-state index in [1.54, 1.807) is 23.9 Å². The Morgan fingerprint density at radius 2 is 0.893 bits per heavy atom. The highest BCUT2D eigenvalue weighted by molar-refractivity contribution is 5.78. The van der Waals surface area contributed by atoms with Gasteiger partial charge < -0.3 is 18.9 Å². The molecule has 0 N–H and O–H groups in total. The average molecular weight is 398 g/mol. The summed E-state index contributed by atoms with van der Waals surface area (Å²) < 4.78 is 24.1. The van der Waals surface area contributed by atoms with Crippen molar-refractivity contribution in [3.63, 3.8) is 0 Å². The minimum Gasteiger partial charge on any atom is -0.319 e. The van der Waals surface area contributed by atoms with Crippen molar-refractivity contribution >= 4 is 12.1 Å². The number of nitrogens with zero attached hydrogens (tertiary/aromatic N) is 4. The van der Waals surface area contributed by atoms with Gasteiger partial charge in [-0.05, 0) is 41.5 Å². The zero-order valence-electron chi connectivity index (χ0n) is 17.7. The Hall–Kier alpha value is -1.62. The monoisotopic (exact) mass is 398 g/mol. The van der Waals surface area contributed by atoms with E-state index in [-0.39, 0.29) is 12.1 Å². The number of urea groups is 2. The molecule has 0 aromatic rings. The standard InChI is InChI=1S/C18H30N4O6/c1-17(2,3)21-11-9(19(7)15(21)23)25-13(27-11)14-26-10-12(28-14)22(18(4,5)6)16(24)20(10)8/h9-14H,1-8H3/t9-,10+,11-,12-,13-,14-/m1/s1. The maximum atomic E-state index is 12.6. The molecule has 10 nitrogen and oxygen atoms in total. The maximum Gasteiger partial charge on any atom is 0.324 e. The van der Waals surface area contributed by atoms with Gasteiger partial charge in [0.2, 0.25) is 12.6 Å². The number of carbonyl (C=O) groups is 2. The van der Waals surface area contributed by atoms with E-state index in [9.17, 15) is 9.59 Å². The van der Waals surface area contributed by atoms with Crippen LogP contribution in [0.15, 0.2) is 0 Å². The van der Waals surface area contributed by atoms with Crippen LogP contribution in [0.1, 0.15) is 41.5 Å². The quantitative estimate of drug-likeness (QED) is 0.663.